The first-order valence-electron chi connectivity index (χ1n) is 37.5. The zero-order chi connectivity index (χ0) is 61.9. The summed E-state index contributed by atoms with van der Waals surface area (Å²) in [5.41, 5.74) is 0. The highest BCUT2D eigenvalue weighted by molar-refractivity contribution is 5.70. The van der Waals surface area contributed by atoms with E-state index in [1.807, 2.05) is 21.1 Å². The summed E-state index contributed by atoms with van der Waals surface area (Å²) < 4.78 is 22.8. The first-order valence-corrected chi connectivity index (χ1v) is 37.5. The number of esters is 2. The van der Waals surface area contributed by atoms with Crippen LogP contribution in [0.1, 0.15) is 386 Å². The second kappa shape index (κ2) is 67.7. The molecule has 2 atom stereocenters. The third-order valence-corrected chi connectivity index (χ3v) is 17.2. The predicted octanol–water partition coefficient (Wildman–Crippen LogP) is 22.0. The lowest BCUT2D eigenvalue weighted by Crippen LogP contribution is -2.44. The fraction of sp³-hybridized carbons (Fsp3) is 0.908. The lowest BCUT2D eigenvalue weighted by atomic mass is 10.0. The number of hydrogen-bond donors (Lipinski definition) is 0. The van der Waals surface area contributed by atoms with Crippen LogP contribution in [0.15, 0.2) is 24.3 Å². The summed E-state index contributed by atoms with van der Waals surface area (Å²) in [7, 11) is 5.95. The lowest BCUT2D eigenvalue weighted by Gasteiger charge is -2.26. The fourth-order valence-electron chi connectivity index (χ4n) is 11.5. The van der Waals surface area contributed by atoms with E-state index in [2.05, 4.69) is 38.2 Å². The fourth-order valence-corrected chi connectivity index (χ4v) is 11.5. The van der Waals surface area contributed by atoms with Crippen molar-refractivity contribution in [2.24, 2.45) is 0 Å². The van der Waals surface area contributed by atoms with Gasteiger partial charge in [-0.2, -0.15) is 0 Å². The second-order valence-electron chi connectivity index (χ2n) is 27.0. The quantitative estimate of drug-likeness (QED) is 0.0195. The highest BCUT2D eigenvalue weighted by atomic mass is 16.7. The van der Waals surface area contributed by atoms with Crippen molar-refractivity contribution in [3.8, 4) is 0 Å². The SMILES string of the molecule is CCCCCCC/C=C\C/C=C\CCCCCCCCCCCCCCCC(=O)OC(COC(=O)CCCCCCCCCCCCCCCCCCCCCCCCCCCCCCCCCCCCC)COC(OCC[N+](C)(C)C)C(=O)[O-]. The number of nitrogens with zero attached hydrogens (tertiary/aromatic N) is 1. The van der Waals surface area contributed by atoms with E-state index in [1.165, 1.54) is 315 Å². The molecule has 85 heavy (non-hydrogen) atoms. The summed E-state index contributed by atoms with van der Waals surface area (Å²) in [5, 5.41) is 11.8. The number of carboxylic acids is 1. The molecule has 0 N–H and O–H groups in total. The molecule has 0 radical (unpaired) electrons. The molecule has 0 aromatic heterocycles. The molecule has 0 saturated carbocycles. The largest absolute Gasteiger partial charge is 0.545 e. The van der Waals surface area contributed by atoms with Gasteiger partial charge in [-0.05, 0) is 44.9 Å². The molecule has 502 valence electrons. The molecule has 9 nitrogen and oxygen atoms in total. The van der Waals surface area contributed by atoms with Crippen molar-refractivity contribution < 1.29 is 42.9 Å². The van der Waals surface area contributed by atoms with Gasteiger partial charge in [-0.1, -0.05) is 353 Å². The predicted molar refractivity (Wildman–Crippen MR) is 362 cm³/mol. The van der Waals surface area contributed by atoms with E-state index < -0.39 is 24.3 Å². The van der Waals surface area contributed by atoms with Gasteiger partial charge in [-0.3, -0.25) is 9.59 Å². The Labute approximate surface area is 528 Å². The van der Waals surface area contributed by atoms with E-state index in [0.29, 0.717) is 23.9 Å². The first-order chi connectivity index (χ1) is 41.6. The van der Waals surface area contributed by atoms with Crippen LogP contribution in [0.3, 0.4) is 0 Å². The van der Waals surface area contributed by atoms with Crippen LogP contribution in [0.2, 0.25) is 0 Å². The van der Waals surface area contributed by atoms with Gasteiger partial charge in [0.25, 0.3) is 0 Å². The van der Waals surface area contributed by atoms with Crippen LogP contribution < -0.4 is 5.11 Å². The molecule has 0 aliphatic heterocycles. The highest BCUT2D eigenvalue weighted by Crippen LogP contribution is 2.19. The lowest BCUT2D eigenvalue weighted by molar-refractivity contribution is -0.870. The van der Waals surface area contributed by atoms with Gasteiger partial charge in [0.2, 0.25) is 0 Å². The summed E-state index contributed by atoms with van der Waals surface area (Å²) >= 11 is 0. The number of likely N-dealkylation sites (N-methyl/N-ethyl adjacent to an activating group) is 1. The molecule has 2 unspecified atom stereocenters. The van der Waals surface area contributed by atoms with Crippen molar-refractivity contribution in [1.29, 1.82) is 0 Å². The highest BCUT2D eigenvalue weighted by Gasteiger charge is 2.22. The van der Waals surface area contributed by atoms with Gasteiger partial charge >= 0.3 is 11.9 Å². The van der Waals surface area contributed by atoms with Crippen LogP contribution in [0, 0.1) is 0 Å². The zero-order valence-corrected chi connectivity index (χ0v) is 57.5. The molecular weight excluding hydrogens is 1050 g/mol. The van der Waals surface area contributed by atoms with Gasteiger partial charge in [0.15, 0.2) is 12.4 Å². The number of allylic oxidation sites excluding steroid dienone is 4. The Morgan fingerprint density at radius 3 is 0.929 bits per heavy atom. The van der Waals surface area contributed by atoms with E-state index >= 15 is 0 Å². The molecule has 0 fully saturated rings. The molecule has 0 aliphatic rings. The number of rotatable bonds is 71. The molecule has 0 saturated heterocycles. The van der Waals surface area contributed by atoms with Crippen molar-refractivity contribution in [3.63, 3.8) is 0 Å². The number of unbranched alkanes of at least 4 members (excludes halogenated alkanes) is 52. The molecule has 9 heteroatoms. The molecule has 0 aliphatic carbocycles. The Morgan fingerprint density at radius 1 is 0.353 bits per heavy atom. The van der Waals surface area contributed by atoms with Gasteiger partial charge < -0.3 is 33.3 Å². The maximum atomic E-state index is 12.9. The van der Waals surface area contributed by atoms with Crippen molar-refractivity contribution in [1.82, 2.24) is 0 Å². The molecule has 0 heterocycles. The Bertz CT molecular complexity index is 1440. The van der Waals surface area contributed by atoms with Crippen molar-refractivity contribution in [2.45, 2.75) is 399 Å². The van der Waals surface area contributed by atoms with Gasteiger partial charge in [0.1, 0.15) is 13.2 Å². The maximum absolute atomic E-state index is 12.9. The molecular formula is C76H145NO8. The van der Waals surface area contributed by atoms with Gasteiger partial charge in [0, 0.05) is 12.8 Å². The molecule has 0 rings (SSSR count). The van der Waals surface area contributed by atoms with E-state index in [4.69, 9.17) is 18.9 Å². The smallest absolute Gasteiger partial charge is 0.306 e. The Balaban J connectivity index is 3.99. The van der Waals surface area contributed by atoms with E-state index in [0.717, 1.165) is 38.5 Å². The topological polar surface area (TPSA) is 111 Å². The molecule has 0 spiro atoms. The number of ether oxygens (including phenoxy) is 4. The Morgan fingerprint density at radius 2 is 0.635 bits per heavy atom. The standard InChI is InChI=1S/C76H145NO8/c1-6-8-10-12-14-16-18-20-22-24-26-28-30-32-33-34-35-36-37-38-39-40-41-43-44-46-48-50-52-54-56-58-60-62-64-66-73(78)83-70-72(71-84-76(75(80)81)82-69-68-77(3,4)5)85-74(79)67-65-63-61-59-57-55-53-51-49-47-45-42-31-29-27-25-23-21-19-17-15-13-11-9-7-2/h19,21,25,27,72,76H,6-18,20,22-24,26,28-71H2,1-5H3/b21-19-,27-25-. The number of quaternary nitrogens is 1. The van der Waals surface area contributed by atoms with Crippen LogP contribution in [0.5, 0.6) is 0 Å². The van der Waals surface area contributed by atoms with Crippen LogP contribution in [-0.2, 0) is 33.3 Å². The van der Waals surface area contributed by atoms with Gasteiger partial charge in [0.05, 0.1) is 40.3 Å². The van der Waals surface area contributed by atoms with E-state index in [1.54, 1.807) is 0 Å². The second-order valence-corrected chi connectivity index (χ2v) is 27.0. The number of aliphatic carboxylic acids is 1. The number of carbonyl (C=O) groups excluding carboxylic acids is 3. The summed E-state index contributed by atoms with van der Waals surface area (Å²) in [6, 6.07) is 0. The summed E-state index contributed by atoms with van der Waals surface area (Å²) in [6.45, 7) is 4.81. The minimum atomic E-state index is -1.62. The average Bonchev–Trinajstić information content (AvgIpc) is 3.49. The number of hydrogen-bond acceptors (Lipinski definition) is 8. The maximum Gasteiger partial charge on any atom is 0.306 e. The third kappa shape index (κ3) is 69.1. The average molecular weight is 1200 g/mol. The normalized spacial score (nSPS) is 12.7. The van der Waals surface area contributed by atoms with Crippen LogP contribution >= 0.6 is 0 Å². The van der Waals surface area contributed by atoms with E-state index in [-0.39, 0.29) is 32.2 Å². The van der Waals surface area contributed by atoms with Crippen LogP contribution in [-0.4, -0.2) is 82.3 Å². The number of carboxylic acid groups (broad SMARTS) is 1. The Hall–Kier alpha value is -2.23. The van der Waals surface area contributed by atoms with Gasteiger partial charge in [-0.15, -0.1) is 0 Å². The molecule has 0 amide bonds. The minimum absolute atomic E-state index is 0.151. The summed E-state index contributed by atoms with van der Waals surface area (Å²) in [4.78, 5) is 37.5. The van der Waals surface area contributed by atoms with Crippen LogP contribution in [0.4, 0.5) is 0 Å². The molecule has 0 aromatic rings. The van der Waals surface area contributed by atoms with Crippen molar-refractivity contribution in [2.75, 3.05) is 47.5 Å². The van der Waals surface area contributed by atoms with Crippen LogP contribution in [0.25, 0.3) is 0 Å². The van der Waals surface area contributed by atoms with Gasteiger partial charge in [-0.25, -0.2) is 0 Å². The van der Waals surface area contributed by atoms with Crippen molar-refractivity contribution in [3.05, 3.63) is 24.3 Å². The minimum Gasteiger partial charge on any atom is -0.545 e. The van der Waals surface area contributed by atoms with Crippen molar-refractivity contribution >= 4 is 17.9 Å². The summed E-state index contributed by atoms with van der Waals surface area (Å²) in [5.74, 6) is -2.25. The van der Waals surface area contributed by atoms with E-state index in [9.17, 15) is 19.5 Å². The monoisotopic (exact) mass is 1200 g/mol. The molecule has 0 bridgehead atoms. The first kappa shape index (κ1) is 82.8. The third-order valence-electron chi connectivity index (χ3n) is 17.2. The number of carbonyl (C=O) groups is 3. The Kier molecular flexibility index (Phi) is 65.9. The zero-order valence-electron chi connectivity index (χ0n) is 57.5. The molecule has 0 aromatic carbocycles. The summed E-state index contributed by atoms with van der Waals surface area (Å²) in [6.07, 6.45) is 81.5.